The first-order valence-electron chi connectivity index (χ1n) is 12.9. The van der Waals surface area contributed by atoms with Gasteiger partial charge in [0.2, 0.25) is 5.91 Å². The Morgan fingerprint density at radius 3 is 2.32 bits per heavy atom. The van der Waals surface area contributed by atoms with Gasteiger partial charge in [0.05, 0.1) is 6.61 Å². The second kappa shape index (κ2) is 13.8. The predicted octanol–water partition coefficient (Wildman–Crippen LogP) is 6.04. The number of nitrogens with one attached hydrogen (secondary N) is 2. The predicted molar refractivity (Wildman–Crippen MR) is 149 cm³/mol. The molecule has 1 amide bonds. The minimum absolute atomic E-state index is 0.0633. The number of hydrogen-bond acceptors (Lipinski definition) is 6. The lowest BCUT2D eigenvalue weighted by molar-refractivity contribution is -0.120. The summed E-state index contributed by atoms with van der Waals surface area (Å²) < 4.78 is 85.9. The first-order valence-corrected chi connectivity index (χ1v) is 14.3. The van der Waals surface area contributed by atoms with Crippen molar-refractivity contribution < 1.29 is 40.2 Å². The molecule has 222 valence electrons. The first kappa shape index (κ1) is 31.9. The van der Waals surface area contributed by atoms with Crippen LogP contribution in [0.3, 0.4) is 0 Å². The molecule has 0 saturated carbocycles. The van der Waals surface area contributed by atoms with E-state index < -0.39 is 33.7 Å². The fraction of sp³-hybridized carbons (Fsp3) is 0.345. The van der Waals surface area contributed by atoms with Gasteiger partial charge in [0.25, 0.3) is 0 Å². The van der Waals surface area contributed by atoms with E-state index in [1.165, 1.54) is 12.1 Å². The first-order chi connectivity index (χ1) is 19.3. The van der Waals surface area contributed by atoms with Gasteiger partial charge in [-0.25, -0.2) is 9.11 Å². The van der Waals surface area contributed by atoms with E-state index in [1.807, 2.05) is 57.2 Å². The van der Waals surface area contributed by atoms with E-state index in [0.29, 0.717) is 32.1 Å². The summed E-state index contributed by atoms with van der Waals surface area (Å²) in [6.45, 7) is 7.99. The maximum absolute atomic E-state index is 14.6. The lowest BCUT2D eigenvalue weighted by atomic mass is 9.94. The molecule has 41 heavy (non-hydrogen) atoms. The van der Waals surface area contributed by atoms with Crippen LogP contribution < -0.4 is 14.8 Å². The molecule has 0 aliphatic rings. The van der Waals surface area contributed by atoms with Crippen molar-refractivity contribution in [1.82, 2.24) is 4.72 Å². The zero-order valence-corrected chi connectivity index (χ0v) is 23.7. The molecular weight excluding hydrogens is 564 g/mol. The Hall–Kier alpha value is -3.64. The Morgan fingerprint density at radius 2 is 1.68 bits per heavy atom. The van der Waals surface area contributed by atoms with Crippen LogP contribution in [0.4, 0.5) is 23.2 Å². The summed E-state index contributed by atoms with van der Waals surface area (Å²) in [5.74, 6) is -1.28. The quantitative estimate of drug-likeness (QED) is 0.185. The summed E-state index contributed by atoms with van der Waals surface area (Å²) >= 11 is 0. The zero-order chi connectivity index (χ0) is 30.2. The minimum Gasteiger partial charge on any atom is -0.491 e. The van der Waals surface area contributed by atoms with Gasteiger partial charge in [-0.05, 0) is 90.9 Å². The number of carbonyl (C=O) groups excluding carboxylic acids is 1. The molecule has 7 nitrogen and oxygen atoms in total. The van der Waals surface area contributed by atoms with Crippen LogP contribution in [0.5, 0.6) is 5.75 Å². The van der Waals surface area contributed by atoms with Gasteiger partial charge in [-0.15, -0.1) is 0 Å². The molecule has 0 bridgehead atoms. The number of halogens is 4. The fourth-order valence-electron chi connectivity index (χ4n) is 4.23. The van der Waals surface area contributed by atoms with E-state index in [2.05, 4.69) is 5.32 Å². The lowest BCUT2D eigenvalue weighted by Crippen LogP contribution is -2.40. The molecule has 3 rings (SSSR count). The Balaban J connectivity index is 1.61. The van der Waals surface area contributed by atoms with Gasteiger partial charge in [-0.3, -0.25) is 4.79 Å². The topological polar surface area (TPSA) is 93.7 Å². The summed E-state index contributed by atoms with van der Waals surface area (Å²) in [6.07, 6.45) is -0.909. The maximum Gasteiger partial charge on any atom is 0.516 e. The minimum atomic E-state index is -5.80. The molecule has 2 N–H and O–H groups in total. The molecule has 0 atom stereocenters. The Kier molecular flexibility index (Phi) is 10.7. The number of carbonyl (C=O) groups is 1. The van der Waals surface area contributed by atoms with E-state index in [-0.39, 0.29) is 12.0 Å². The summed E-state index contributed by atoms with van der Waals surface area (Å²) in [4.78, 5) is 11.6. The second-order valence-corrected chi connectivity index (χ2v) is 11.0. The second-order valence-electron chi connectivity index (χ2n) is 9.31. The van der Waals surface area contributed by atoms with Gasteiger partial charge >= 0.3 is 15.5 Å². The SMILES string of the molecule is CCOCCOc1cc(C)c(-c2cccc(CNc3ccc(CCC(=O)NS(=O)(=O)C(F)(F)F)c(F)c3)c2)c(C)c1. The number of rotatable bonds is 13. The lowest BCUT2D eigenvalue weighted by Gasteiger charge is -2.15. The van der Waals surface area contributed by atoms with Gasteiger partial charge in [-0.1, -0.05) is 24.3 Å². The highest BCUT2D eigenvalue weighted by atomic mass is 32.2. The zero-order valence-electron chi connectivity index (χ0n) is 22.9. The van der Waals surface area contributed by atoms with Crippen LogP contribution >= 0.6 is 0 Å². The standard InChI is InChI=1S/C29H32F4N2O5S/c1-4-39-12-13-40-25-14-19(2)28(20(3)15-25)23-7-5-6-21(16-23)18-34-24-10-8-22(26(30)17-24)9-11-27(36)35-41(37,38)29(31,32)33/h5-8,10,14-17,34H,4,9,11-13,18H2,1-3H3,(H,35,36). The van der Waals surface area contributed by atoms with Crippen molar-refractivity contribution >= 4 is 21.6 Å². The average Bonchev–Trinajstić information content (AvgIpc) is 2.88. The van der Waals surface area contributed by atoms with Crippen LogP contribution in [-0.4, -0.2) is 39.7 Å². The molecule has 0 unspecified atom stereocenters. The molecule has 3 aromatic carbocycles. The molecule has 0 aromatic heterocycles. The fourth-order valence-corrected chi connectivity index (χ4v) is 4.75. The van der Waals surface area contributed by atoms with Crippen molar-refractivity contribution in [2.24, 2.45) is 0 Å². The van der Waals surface area contributed by atoms with Crippen molar-refractivity contribution in [1.29, 1.82) is 0 Å². The molecule has 0 saturated heterocycles. The van der Waals surface area contributed by atoms with E-state index in [9.17, 15) is 30.8 Å². The summed E-state index contributed by atoms with van der Waals surface area (Å²) in [5, 5.41) is 3.14. The highest BCUT2D eigenvalue weighted by Crippen LogP contribution is 2.32. The molecule has 0 radical (unpaired) electrons. The van der Waals surface area contributed by atoms with Crippen LogP contribution in [0.1, 0.15) is 35.6 Å². The van der Waals surface area contributed by atoms with Crippen molar-refractivity contribution in [2.45, 2.75) is 45.7 Å². The van der Waals surface area contributed by atoms with E-state index in [0.717, 1.165) is 38.3 Å². The van der Waals surface area contributed by atoms with E-state index in [1.54, 1.807) is 6.07 Å². The monoisotopic (exact) mass is 596 g/mol. The Morgan fingerprint density at radius 1 is 0.976 bits per heavy atom. The van der Waals surface area contributed by atoms with Crippen LogP contribution in [0.2, 0.25) is 0 Å². The largest absolute Gasteiger partial charge is 0.516 e. The number of ether oxygens (including phenoxy) is 2. The third-order valence-corrected chi connectivity index (χ3v) is 7.25. The van der Waals surface area contributed by atoms with E-state index in [4.69, 9.17) is 9.47 Å². The van der Waals surface area contributed by atoms with Crippen LogP contribution in [0, 0.1) is 19.7 Å². The van der Waals surface area contributed by atoms with Gasteiger partial charge in [0, 0.05) is 25.3 Å². The van der Waals surface area contributed by atoms with Crippen molar-refractivity contribution in [2.75, 3.05) is 25.1 Å². The summed E-state index contributed by atoms with van der Waals surface area (Å²) in [6, 6.07) is 16.1. The molecule has 12 heteroatoms. The number of hydrogen-bond donors (Lipinski definition) is 2. The van der Waals surface area contributed by atoms with Crippen molar-refractivity contribution in [3.05, 3.63) is 82.7 Å². The third kappa shape index (κ3) is 8.92. The maximum atomic E-state index is 14.6. The summed E-state index contributed by atoms with van der Waals surface area (Å²) in [7, 11) is -5.80. The van der Waals surface area contributed by atoms with Gasteiger partial charge in [0.1, 0.15) is 18.2 Å². The molecular formula is C29H32F4N2O5S. The molecule has 0 aliphatic carbocycles. The third-order valence-electron chi connectivity index (χ3n) is 6.15. The van der Waals surface area contributed by atoms with Crippen LogP contribution in [0.25, 0.3) is 11.1 Å². The molecule has 3 aromatic rings. The Labute approximate surface area is 236 Å². The van der Waals surface area contributed by atoms with Gasteiger partial charge in [0.15, 0.2) is 0 Å². The number of alkyl halides is 3. The highest BCUT2D eigenvalue weighted by molar-refractivity contribution is 7.90. The number of aryl methyl sites for hydroxylation is 3. The normalized spacial score (nSPS) is 11.8. The smallest absolute Gasteiger partial charge is 0.491 e. The molecule has 0 aliphatic heterocycles. The number of anilines is 1. The van der Waals surface area contributed by atoms with Gasteiger partial charge in [-0.2, -0.15) is 21.6 Å². The highest BCUT2D eigenvalue weighted by Gasteiger charge is 2.46. The Bertz CT molecular complexity index is 1450. The summed E-state index contributed by atoms with van der Waals surface area (Å²) in [5.41, 5.74) is 0.0917. The van der Waals surface area contributed by atoms with Crippen LogP contribution in [-0.2, 0) is 32.5 Å². The van der Waals surface area contributed by atoms with Crippen LogP contribution in [0.15, 0.2) is 54.6 Å². The van der Waals surface area contributed by atoms with E-state index >= 15 is 0 Å². The number of benzene rings is 3. The molecule has 0 heterocycles. The van der Waals surface area contributed by atoms with Crippen molar-refractivity contribution in [3.63, 3.8) is 0 Å². The number of amides is 1. The molecule has 0 spiro atoms. The average molecular weight is 597 g/mol. The number of sulfonamides is 1. The van der Waals surface area contributed by atoms with Gasteiger partial charge < -0.3 is 14.8 Å². The van der Waals surface area contributed by atoms with Crippen molar-refractivity contribution in [3.8, 4) is 16.9 Å². The molecule has 0 fully saturated rings.